The van der Waals surface area contributed by atoms with Crippen LogP contribution in [0.5, 0.6) is 5.75 Å². The molecule has 1 aromatic carbocycles. The van der Waals surface area contributed by atoms with Crippen molar-refractivity contribution in [1.82, 2.24) is 9.88 Å². The van der Waals surface area contributed by atoms with Crippen LogP contribution in [0.15, 0.2) is 43.1 Å². The van der Waals surface area contributed by atoms with Crippen LogP contribution in [0.25, 0.3) is 10.9 Å². The Morgan fingerprint density at radius 2 is 2.21 bits per heavy atom. The van der Waals surface area contributed by atoms with E-state index < -0.39 is 0 Å². The van der Waals surface area contributed by atoms with Gasteiger partial charge in [-0.25, -0.2) is 0 Å². The van der Waals surface area contributed by atoms with Crippen LogP contribution in [0.3, 0.4) is 0 Å². The van der Waals surface area contributed by atoms with Crippen molar-refractivity contribution in [2.75, 3.05) is 26.8 Å². The number of fused-ring (bicyclic) bond motifs is 4. The van der Waals surface area contributed by atoms with Crippen molar-refractivity contribution >= 4 is 10.9 Å². The van der Waals surface area contributed by atoms with E-state index in [2.05, 4.69) is 41.6 Å². The molecule has 4 nitrogen and oxygen atoms in total. The van der Waals surface area contributed by atoms with E-state index in [-0.39, 0.29) is 6.10 Å². The lowest BCUT2D eigenvalue weighted by Gasteiger charge is -2.51. The van der Waals surface area contributed by atoms with Crippen molar-refractivity contribution in [3.63, 3.8) is 0 Å². The highest BCUT2D eigenvalue weighted by Gasteiger charge is 2.43. The second kappa shape index (κ2) is 9.27. The van der Waals surface area contributed by atoms with Crippen LogP contribution < -0.4 is 4.74 Å². The van der Waals surface area contributed by atoms with Gasteiger partial charge in [0.15, 0.2) is 0 Å². The van der Waals surface area contributed by atoms with Gasteiger partial charge in [-0.15, -0.1) is 6.58 Å². The summed E-state index contributed by atoms with van der Waals surface area (Å²) < 4.78 is 12.1. The number of unbranched alkanes of at least 4 members (excludes halogenated alkanes) is 2. The molecule has 0 amide bonds. The van der Waals surface area contributed by atoms with E-state index in [4.69, 9.17) is 9.47 Å². The standard InChI is InChI=1S/C25H34N2O2/c1-4-6-7-14-29-25(24-15-19-11-13-27(24)17-18(19)5-2)21-10-12-26-23-9-8-20(28-3)16-22(21)23/h5,8-10,12,16,18-19,24-25H,2,4,6-7,11,13-15,17H2,1,3H3/t18-,19-,24-,25+/m0/s1. The highest BCUT2D eigenvalue weighted by molar-refractivity contribution is 5.84. The first-order valence-electron chi connectivity index (χ1n) is 11.2. The summed E-state index contributed by atoms with van der Waals surface area (Å²) in [6.07, 6.45) is 10.2. The molecular weight excluding hydrogens is 360 g/mol. The first kappa shape index (κ1) is 20.4. The number of hydrogen-bond donors (Lipinski definition) is 0. The van der Waals surface area contributed by atoms with Gasteiger partial charge in [-0.2, -0.15) is 0 Å². The van der Waals surface area contributed by atoms with Gasteiger partial charge in [0.05, 0.1) is 18.7 Å². The van der Waals surface area contributed by atoms with Crippen molar-refractivity contribution in [3.05, 3.63) is 48.7 Å². The maximum absolute atomic E-state index is 6.64. The molecular formula is C25H34N2O2. The molecule has 3 fully saturated rings. The van der Waals surface area contributed by atoms with Crippen molar-refractivity contribution in [2.24, 2.45) is 11.8 Å². The van der Waals surface area contributed by atoms with Gasteiger partial charge in [0.1, 0.15) is 5.75 Å². The van der Waals surface area contributed by atoms with Gasteiger partial charge in [0, 0.05) is 30.8 Å². The number of piperidine rings is 3. The van der Waals surface area contributed by atoms with E-state index in [1.807, 2.05) is 18.3 Å². The van der Waals surface area contributed by atoms with Crippen molar-refractivity contribution in [2.45, 2.75) is 51.2 Å². The smallest absolute Gasteiger partial charge is 0.119 e. The minimum Gasteiger partial charge on any atom is -0.497 e. The Bertz CT molecular complexity index is 837. The lowest BCUT2D eigenvalue weighted by molar-refractivity contribution is -0.0754. The summed E-state index contributed by atoms with van der Waals surface area (Å²) in [4.78, 5) is 7.23. The minimum absolute atomic E-state index is 0.0676. The topological polar surface area (TPSA) is 34.6 Å². The molecule has 4 heterocycles. The highest BCUT2D eigenvalue weighted by Crippen LogP contribution is 2.43. The van der Waals surface area contributed by atoms with Gasteiger partial charge in [-0.1, -0.05) is 25.8 Å². The number of rotatable bonds is 9. The molecule has 3 aliphatic rings. The number of ether oxygens (including phenoxy) is 2. The number of benzene rings is 1. The summed E-state index contributed by atoms with van der Waals surface area (Å²) in [6, 6.07) is 8.72. The summed E-state index contributed by atoms with van der Waals surface area (Å²) >= 11 is 0. The Balaban J connectivity index is 1.68. The fraction of sp³-hybridized carbons (Fsp3) is 0.560. The van der Waals surface area contributed by atoms with E-state index in [1.54, 1.807) is 7.11 Å². The fourth-order valence-electron chi connectivity index (χ4n) is 5.18. The summed E-state index contributed by atoms with van der Waals surface area (Å²) in [5.41, 5.74) is 2.25. The lowest BCUT2D eigenvalue weighted by atomic mass is 9.73. The Morgan fingerprint density at radius 3 is 2.93 bits per heavy atom. The van der Waals surface area contributed by atoms with Crippen molar-refractivity contribution in [3.8, 4) is 5.75 Å². The number of nitrogens with zero attached hydrogens (tertiary/aromatic N) is 2. The molecule has 3 aliphatic heterocycles. The predicted octanol–water partition coefficient (Wildman–Crippen LogP) is 5.39. The van der Waals surface area contributed by atoms with Gasteiger partial charge in [-0.3, -0.25) is 9.88 Å². The van der Waals surface area contributed by atoms with Crippen LogP contribution >= 0.6 is 0 Å². The normalized spacial score (nSPS) is 27.1. The van der Waals surface area contributed by atoms with E-state index >= 15 is 0 Å². The third kappa shape index (κ3) is 4.19. The first-order valence-corrected chi connectivity index (χ1v) is 11.2. The maximum atomic E-state index is 6.64. The van der Waals surface area contributed by atoms with Crippen LogP contribution in [0.1, 0.15) is 50.7 Å². The monoisotopic (exact) mass is 394 g/mol. The van der Waals surface area contributed by atoms with E-state index in [9.17, 15) is 0 Å². The first-order chi connectivity index (χ1) is 14.2. The van der Waals surface area contributed by atoms with Crippen LogP contribution in [-0.4, -0.2) is 42.7 Å². The van der Waals surface area contributed by atoms with E-state index in [0.29, 0.717) is 12.0 Å². The second-order valence-corrected chi connectivity index (χ2v) is 8.53. The average molecular weight is 395 g/mol. The van der Waals surface area contributed by atoms with Crippen LogP contribution in [0, 0.1) is 11.8 Å². The van der Waals surface area contributed by atoms with Crippen LogP contribution in [0.4, 0.5) is 0 Å². The number of methoxy groups -OCH3 is 1. The predicted molar refractivity (Wildman–Crippen MR) is 118 cm³/mol. The molecule has 156 valence electrons. The Morgan fingerprint density at radius 1 is 1.31 bits per heavy atom. The zero-order valence-corrected chi connectivity index (χ0v) is 17.8. The lowest BCUT2D eigenvalue weighted by Crippen LogP contribution is -2.55. The molecule has 4 heteroatoms. The van der Waals surface area contributed by atoms with Gasteiger partial charge in [0.2, 0.25) is 0 Å². The van der Waals surface area contributed by atoms with Crippen molar-refractivity contribution in [1.29, 1.82) is 0 Å². The number of hydrogen-bond acceptors (Lipinski definition) is 4. The molecule has 0 aliphatic carbocycles. The molecule has 0 saturated carbocycles. The van der Waals surface area contributed by atoms with Crippen LogP contribution in [-0.2, 0) is 4.74 Å². The SMILES string of the molecule is C=C[C@H]1CN2CC[C@H]1C[C@H]2[C@H](OCCCCC)c1ccnc2ccc(OC)cc12. The maximum Gasteiger partial charge on any atom is 0.119 e. The van der Waals surface area contributed by atoms with Gasteiger partial charge < -0.3 is 9.47 Å². The third-order valence-corrected chi connectivity index (χ3v) is 6.84. The molecule has 2 bridgehead atoms. The van der Waals surface area contributed by atoms with E-state index in [0.717, 1.165) is 42.1 Å². The molecule has 5 rings (SSSR count). The van der Waals surface area contributed by atoms with Gasteiger partial charge >= 0.3 is 0 Å². The second-order valence-electron chi connectivity index (χ2n) is 8.53. The average Bonchev–Trinajstić information content (AvgIpc) is 2.78. The summed E-state index contributed by atoms with van der Waals surface area (Å²) in [7, 11) is 1.72. The summed E-state index contributed by atoms with van der Waals surface area (Å²) in [6.45, 7) is 9.41. The molecule has 3 saturated heterocycles. The molecule has 1 aromatic heterocycles. The Hall–Kier alpha value is -1.91. The molecule has 1 unspecified atom stereocenters. The Kier molecular flexibility index (Phi) is 6.51. The molecule has 2 aromatic rings. The zero-order chi connectivity index (χ0) is 20.2. The number of pyridine rings is 1. The summed E-state index contributed by atoms with van der Waals surface area (Å²) in [5, 5.41) is 1.15. The minimum atomic E-state index is 0.0676. The number of aromatic nitrogens is 1. The fourth-order valence-corrected chi connectivity index (χ4v) is 5.18. The van der Waals surface area contributed by atoms with Gasteiger partial charge in [0.25, 0.3) is 0 Å². The summed E-state index contributed by atoms with van der Waals surface area (Å²) in [5.74, 6) is 2.22. The highest BCUT2D eigenvalue weighted by atomic mass is 16.5. The molecule has 0 N–H and O–H groups in total. The zero-order valence-electron chi connectivity index (χ0n) is 17.8. The molecule has 0 spiro atoms. The van der Waals surface area contributed by atoms with E-state index in [1.165, 1.54) is 37.8 Å². The molecule has 5 atom stereocenters. The molecule has 0 radical (unpaired) electrons. The third-order valence-electron chi connectivity index (χ3n) is 6.84. The van der Waals surface area contributed by atoms with Gasteiger partial charge in [-0.05, 0) is 67.5 Å². The molecule has 29 heavy (non-hydrogen) atoms. The van der Waals surface area contributed by atoms with Crippen molar-refractivity contribution < 1.29 is 9.47 Å². The Labute approximate surface area is 174 Å². The largest absolute Gasteiger partial charge is 0.497 e. The quantitative estimate of drug-likeness (QED) is 0.422. The van der Waals surface area contributed by atoms with Crippen LogP contribution in [0.2, 0.25) is 0 Å².